The van der Waals surface area contributed by atoms with Crippen LogP contribution in [0.3, 0.4) is 0 Å². The topological polar surface area (TPSA) is 118 Å². The molecule has 0 aliphatic carbocycles. The Morgan fingerprint density at radius 1 is 0.828 bits per heavy atom. The van der Waals surface area contributed by atoms with Gasteiger partial charge in [-0.15, -0.1) is 0 Å². The van der Waals surface area contributed by atoms with Gasteiger partial charge in [0.05, 0.1) is 13.0 Å². The van der Waals surface area contributed by atoms with E-state index >= 15 is 0 Å². The minimum Gasteiger partial charge on any atom is -1.00 e. The molecule has 0 aliphatic heterocycles. The molecule has 0 radical (unpaired) electrons. The summed E-state index contributed by atoms with van der Waals surface area (Å²) in [6.07, 6.45) is 15.7. The Morgan fingerprint density at radius 3 is 1.55 bits per heavy atom. The first-order valence-corrected chi connectivity index (χ1v) is 12.1. The van der Waals surface area contributed by atoms with Crippen molar-refractivity contribution in [3.63, 3.8) is 0 Å². The van der Waals surface area contributed by atoms with Gasteiger partial charge in [0.2, 0.25) is 0 Å². The second-order valence-electron chi connectivity index (χ2n) is 7.37. The van der Waals surface area contributed by atoms with Crippen molar-refractivity contribution in [1.29, 1.82) is 0 Å². The Balaban J connectivity index is -0.00000121. The van der Waals surface area contributed by atoms with Crippen LogP contribution < -0.4 is 0 Å². The molecule has 9 heteroatoms. The average Bonchev–Trinajstić information content (AvgIpc) is 2.61. The number of hydrogen-bond donors (Lipinski definition) is 2. The molecule has 7 nitrogen and oxygen atoms in total. The molecule has 170 valence electrons. The molecule has 0 amide bonds. The van der Waals surface area contributed by atoms with Crippen molar-refractivity contribution < 1.29 is 35.3 Å². The van der Waals surface area contributed by atoms with Crippen LogP contribution in [0.5, 0.6) is 0 Å². The fraction of sp³-hybridized carbons (Fsp3) is 0.900. The van der Waals surface area contributed by atoms with E-state index < -0.39 is 33.7 Å². The zero-order valence-electron chi connectivity index (χ0n) is 19.9. The number of hydrogen-bond acceptors (Lipinski definition) is 5. The largest absolute Gasteiger partial charge is 2.00 e. The first kappa shape index (κ1) is 30.8. The summed E-state index contributed by atoms with van der Waals surface area (Å²) in [6.45, 7) is 2.26. The Labute approximate surface area is 195 Å². The van der Waals surface area contributed by atoms with Crippen molar-refractivity contribution in [1.82, 2.24) is 0 Å². The number of carboxylic acid groups (broad SMARTS) is 1. The van der Waals surface area contributed by atoms with E-state index in [1.165, 1.54) is 64.2 Å². The number of esters is 1. The van der Waals surface area contributed by atoms with E-state index in [-0.39, 0.29) is 32.5 Å². The van der Waals surface area contributed by atoms with Crippen LogP contribution in [0.4, 0.5) is 0 Å². The van der Waals surface area contributed by atoms with Crippen LogP contribution in [0.1, 0.15) is 106 Å². The van der Waals surface area contributed by atoms with Gasteiger partial charge in [0, 0.05) is 0 Å². The van der Waals surface area contributed by atoms with Gasteiger partial charge in [-0.1, -0.05) is 90.4 Å². The number of aliphatic carboxylic acids is 1. The van der Waals surface area contributed by atoms with Crippen LogP contribution in [0.25, 0.3) is 0 Å². The molecule has 29 heavy (non-hydrogen) atoms. The van der Waals surface area contributed by atoms with Crippen LogP contribution >= 0.6 is 0 Å². The van der Waals surface area contributed by atoms with E-state index in [0.717, 1.165) is 19.3 Å². The van der Waals surface area contributed by atoms with E-state index in [2.05, 4.69) is 6.92 Å². The molecule has 0 bridgehead atoms. The molecule has 0 aromatic heterocycles. The summed E-state index contributed by atoms with van der Waals surface area (Å²) in [4.78, 5) is 22.2. The summed E-state index contributed by atoms with van der Waals surface area (Å²) >= 11 is 0. The Hall–Kier alpha value is -0.384. The summed E-state index contributed by atoms with van der Waals surface area (Å²) < 4.78 is 35.8. The molecule has 1 unspecified atom stereocenters. The molecule has 0 aromatic rings. The number of carboxylic acids is 1. The molecule has 0 heterocycles. The monoisotopic (exact) mass is 448 g/mol. The SMILES string of the molecule is CCCCCCCCCCCCCCCCOC(=O)C(CC(=O)O)S(=O)(=O)O.[H-].[H-].[Mg+2]. The van der Waals surface area contributed by atoms with Gasteiger partial charge in [-0.3, -0.25) is 14.1 Å². The smallest absolute Gasteiger partial charge is 1.00 e. The standard InChI is InChI=1S/C20H38O7S.Mg.2H/c1-2-3-4-5-6-7-8-9-10-11-12-13-14-15-16-27-20(23)18(17-19(21)22)28(24,25)26;;;/h18H,2-17H2,1H3,(H,21,22)(H,24,25,26);;;/q;+2;2*-1. The summed E-state index contributed by atoms with van der Waals surface area (Å²) in [5, 5.41) is 6.56. The molecular formula is C20H40MgO7S. The van der Waals surface area contributed by atoms with Gasteiger partial charge in [0.15, 0.2) is 5.25 Å². The third-order valence-corrected chi connectivity index (χ3v) is 5.80. The molecule has 0 saturated carbocycles. The second-order valence-corrected chi connectivity index (χ2v) is 8.96. The average molecular weight is 449 g/mol. The molecule has 1 atom stereocenters. The van der Waals surface area contributed by atoms with E-state index in [9.17, 15) is 18.0 Å². The Bertz CT molecular complexity index is 534. The van der Waals surface area contributed by atoms with Gasteiger partial charge in [-0.25, -0.2) is 0 Å². The predicted octanol–water partition coefficient (Wildman–Crippen LogP) is 4.59. The summed E-state index contributed by atoms with van der Waals surface area (Å²) in [5.74, 6) is -2.70. The van der Waals surface area contributed by atoms with Gasteiger partial charge in [-0.05, 0) is 6.42 Å². The van der Waals surface area contributed by atoms with Crippen molar-refractivity contribution in [2.75, 3.05) is 6.61 Å². The number of rotatable bonds is 19. The molecule has 0 fully saturated rings. The van der Waals surface area contributed by atoms with Gasteiger partial charge in [0.1, 0.15) is 0 Å². The Morgan fingerprint density at radius 2 is 1.21 bits per heavy atom. The van der Waals surface area contributed by atoms with E-state index in [0.29, 0.717) is 6.42 Å². The molecule has 0 saturated heterocycles. The normalized spacial score (nSPS) is 12.2. The number of ether oxygens (including phenoxy) is 1. The zero-order chi connectivity index (χ0) is 21.3. The van der Waals surface area contributed by atoms with Gasteiger partial charge in [0.25, 0.3) is 10.1 Å². The van der Waals surface area contributed by atoms with Crippen LogP contribution in [0.15, 0.2) is 0 Å². The predicted molar refractivity (Wildman–Crippen MR) is 117 cm³/mol. The van der Waals surface area contributed by atoms with Crippen molar-refractivity contribution >= 4 is 45.1 Å². The molecular weight excluding hydrogens is 409 g/mol. The fourth-order valence-electron chi connectivity index (χ4n) is 3.03. The maximum absolute atomic E-state index is 11.6. The number of carbonyl (C=O) groups is 2. The van der Waals surface area contributed by atoms with E-state index in [4.69, 9.17) is 14.4 Å². The maximum Gasteiger partial charge on any atom is 2.00 e. The minimum atomic E-state index is -4.79. The van der Waals surface area contributed by atoms with Crippen molar-refractivity contribution in [3.8, 4) is 0 Å². The quantitative estimate of drug-likeness (QED) is 0.128. The second kappa shape index (κ2) is 19.6. The third-order valence-electron chi connectivity index (χ3n) is 4.72. The zero-order valence-corrected chi connectivity index (χ0v) is 20.2. The van der Waals surface area contributed by atoms with Crippen LogP contribution in [0.2, 0.25) is 0 Å². The van der Waals surface area contributed by atoms with Crippen LogP contribution in [0, 0.1) is 0 Å². The van der Waals surface area contributed by atoms with Gasteiger partial charge >= 0.3 is 35.0 Å². The third kappa shape index (κ3) is 19.3. The van der Waals surface area contributed by atoms with E-state index in [1.54, 1.807) is 0 Å². The van der Waals surface area contributed by atoms with E-state index in [1.807, 2.05) is 0 Å². The maximum atomic E-state index is 11.6. The molecule has 0 spiro atoms. The minimum absolute atomic E-state index is 0. The molecule has 0 aliphatic rings. The van der Waals surface area contributed by atoms with Crippen molar-refractivity contribution in [2.24, 2.45) is 0 Å². The number of unbranched alkanes of at least 4 members (excludes halogenated alkanes) is 13. The summed E-state index contributed by atoms with van der Waals surface area (Å²) in [5.41, 5.74) is 0. The van der Waals surface area contributed by atoms with Crippen molar-refractivity contribution in [3.05, 3.63) is 0 Å². The van der Waals surface area contributed by atoms with Gasteiger partial charge in [-0.2, -0.15) is 8.42 Å². The fourth-order valence-corrected chi connectivity index (χ4v) is 3.70. The summed E-state index contributed by atoms with van der Waals surface area (Å²) in [6, 6.07) is 0. The molecule has 0 rings (SSSR count). The van der Waals surface area contributed by atoms with Crippen LogP contribution in [-0.2, 0) is 24.4 Å². The molecule has 2 N–H and O–H groups in total. The Kier molecular flexibility index (Phi) is 20.8. The van der Waals surface area contributed by atoms with Gasteiger partial charge < -0.3 is 12.7 Å². The van der Waals surface area contributed by atoms with Crippen molar-refractivity contribution in [2.45, 2.75) is 108 Å². The first-order chi connectivity index (χ1) is 13.3. The molecule has 0 aromatic carbocycles. The van der Waals surface area contributed by atoms with Crippen LogP contribution in [-0.4, -0.2) is 64.9 Å². The number of carbonyl (C=O) groups excluding carboxylic acids is 1. The first-order valence-electron chi connectivity index (χ1n) is 10.6. The summed E-state index contributed by atoms with van der Waals surface area (Å²) in [7, 11) is -4.79.